The Kier molecular flexibility index (Phi) is 6.56. The third-order valence-electron chi connectivity index (χ3n) is 11.4. The highest BCUT2D eigenvalue weighted by molar-refractivity contribution is 5.25. The molecule has 5 rings (SSSR count). The summed E-state index contributed by atoms with van der Waals surface area (Å²) in [5.41, 5.74) is 2.89. The van der Waals surface area contributed by atoms with Gasteiger partial charge in [0.15, 0.2) is 18.4 Å². The normalized spacial score (nSPS) is 41.2. The fraction of sp³-hybridized carbons (Fsp3) is 0.781. The van der Waals surface area contributed by atoms with Crippen molar-refractivity contribution in [2.45, 2.75) is 111 Å². The molecule has 1 heterocycles. The standard InChI is InChI=1S/C32H50N/c1-23(2)10-9-11-24(3)28-14-15-29-27-13-12-25-22-26(33-20-7-6-8-21-33)16-18-31(25,4)30(27)17-19-32(28,29)5/h6-8,12,20-21,23-24,26-30H,9-11,13-19,22H2,1-5H3/q+1/t24-,26-,27+,28-,29+,30+,31+,32-/m1/s1. The van der Waals surface area contributed by atoms with Crippen LogP contribution in [0.25, 0.3) is 0 Å². The Balaban J connectivity index is 1.31. The Morgan fingerprint density at radius 2 is 1.70 bits per heavy atom. The molecule has 0 N–H and O–H groups in total. The van der Waals surface area contributed by atoms with Crippen molar-refractivity contribution < 1.29 is 4.57 Å². The zero-order chi connectivity index (χ0) is 23.2. The molecule has 1 nitrogen and oxygen atoms in total. The SMILES string of the molecule is CC(C)CCC[C@@H](C)[C@H]1CC[C@H]2[C@@H]3CC=C4C[C@H]([n+]5ccccc5)CC[C@]4(C)[C@H]3CC[C@]12C. The minimum atomic E-state index is 0.469. The van der Waals surface area contributed by atoms with Crippen LogP contribution in [-0.4, -0.2) is 0 Å². The fourth-order valence-electron chi connectivity index (χ4n) is 9.58. The molecule has 33 heavy (non-hydrogen) atoms. The first-order valence-corrected chi connectivity index (χ1v) is 14.5. The van der Waals surface area contributed by atoms with Gasteiger partial charge in [0.05, 0.1) is 0 Å². The van der Waals surface area contributed by atoms with Crippen LogP contribution >= 0.6 is 0 Å². The van der Waals surface area contributed by atoms with Crippen LogP contribution in [0.4, 0.5) is 0 Å². The maximum Gasteiger partial charge on any atom is 0.169 e. The van der Waals surface area contributed by atoms with Gasteiger partial charge in [-0.25, -0.2) is 4.57 Å². The number of fused-ring (bicyclic) bond motifs is 5. The lowest BCUT2D eigenvalue weighted by Gasteiger charge is -2.58. The summed E-state index contributed by atoms with van der Waals surface area (Å²) in [6.07, 6.45) is 23.0. The molecular formula is C32H50N+. The lowest BCUT2D eigenvalue weighted by molar-refractivity contribution is -0.725. The third kappa shape index (κ3) is 4.14. The molecule has 0 bridgehead atoms. The smallest absolute Gasteiger partial charge is 0.169 e. The van der Waals surface area contributed by atoms with Gasteiger partial charge in [-0.1, -0.05) is 71.6 Å². The average Bonchev–Trinajstić information content (AvgIpc) is 3.16. The summed E-state index contributed by atoms with van der Waals surface area (Å²) in [6, 6.07) is 7.20. The second-order valence-corrected chi connectivity index (χ2v) is 13.5. The van der Waals surface area contributed by atoms with Gasteiger partial charge in [-0.3, -0.25) is 0 Å². The van der Waals surface area contributed by atoms with Crippen molar-refractivity contribution in [3.8, 4) is 0 Å². The molecule has 0 aromatic carbocycles. The van der Waals surface area contributed by atoms with E-state index in [1.807, 2.05) is 5.57 Å². The monoisotopic (exact) mass is 448 g/mol. The second kappa shape index (κ2) is 9.16. The van der Waals surface area contributed by atoms with Crippen LogP contribution in [0.1, 0.15) is 111 Å². The lowest BCUT2D eigenvalue weighted by atomic mass is 9.47. The van der Waals surface area contributed by atoms with Crippen molar-refractivity contribution in [2.24, 2.45) is 46.3 Å². The van der Waals surface area contributed by atoms with Crippen molar-refractivity contribution in [2.75, 3.05) is 0 Å². The molecule has 1 aromatic rings. The van der Waals surface area contributed by atoms with Gasteiger partial charge in [0.2, 0.25) is 0 Å². The summed E-state index contributed by atoms with van der Waals surface area (Å²) in [6.45, 7) is 12.8. The summed E-state index contributed by atoms with van der Waals surface area (Å²) >= 11 is 0. The van der Waals surface area contributed by atoms with Crippen molar-refractivity contribution in [1.82, 2.24) is 0 Å². The molecule has 182 valence electrons. The molecule has 8 atom stereocenters. The topological polar surface area (TPSA) is 3.88 Å². The van der Waals surface area contributed by atoms with E-state index in [0.717, 1.165) is 35.5 Å². The second-order valence-electron chi connectivity index (χ2n) is 13.5. The van der Waals surface area contributed by atoms with Gasteiger partial charge in [0.25, 0.3) is 0 Å². The number of allylic oxidation sites excluding steroid dienone is 2. The number of hydrogen-bond acceptors (Lipinski definition) is 0. The number of aromatic nitrogens is 1. The van der Waals surface area contributed by atoms with Gasteiger partial charge < -0.3 is 0 Å². The van der Waals surface area contributed by atoms with Crippen LogP contribution < -0.4 is 4.57 Å². The van der Waals surface area contributed by atoms with E-state index in [9.17, 15) is 0 Å². The number of nitrogens with zero attached hydrogens (tertiary/aromatic N) is 1. The molecule has 0 spiro atoms. The maximum absolute atomic E-state index is 2.75. The zero-order valence-electron chi connectivity index (χ0n) is 22.2. The van der Waals surface area contributed by atoms with E-state index in [1.165, 1.54) is 70.6 Å². The molecule has 0 saturated heterocycles. The van der Waals surface area contributed by atoms with Gasteiger partial charge in [-0.15, -0.1) is 0 Å². The van der Waals surface area contributed by atoms with E-state index in [0.29, 0.717) is 16.9 Å². The van der Waals surface area contributed by atoms with Crippen LogP contribution in [0.2, 0.25) is 0 Å². The van der Waals surface area contributed by atoms with Crippen LogP contribution in [-0.2, 0) is 0 Å². The Morgan fingerprint density at radius 1 is 0.909 bits per heavy atom. The highest BCUT2D eigenvalue weighted by Gasteiger charge is 2.59. The molecule has 1 heteroatoms. The number of pyridine rings is 1. The highest BCUT2D eigenvalue weighted by atomic mass is 15.0. The van der Waals surface area contributed by atoms with Crippen molar-refractivity contribution in [3.05, 3.63) is 42.2 Å². The van der Waals surface area contributed by atoms with Crippen LogP contribution in [0.3, 0.4) is 0 Å². The van der Waals surface area contributed by atoms with E-state index >= 15 is 0 Å². The first-order chi connectivity index (χ1) is 15.8. The summed E-state index contributed by atoms with van der Waals surface area (Å²) in [7, 11) is 0. The molecule has 0 unspecified atom stereocenters. The molecule has 3 fully saturated rings. The van der Waals surface area contributed by atoms with Gasteiger partial charge in [0, 0.05) is 25.0 Å². The van der Waals surface area contributed by atoms with Gasteiger partial charge in [0.1, 0.15) is 0 Å². The first-order valence-electron chi connectivity index (χ1n) is 14.5. The Labute approximate surface area is 204 Å². The molecule has 4 aliphatic carbocycles. The largest absolute Gasteiger partial charge is 0.202 e. The molecule has 0 aliphatic heterocycles. The third-order valence-corrected chi connectivity index (χ3v) is 11.4. The molecule has 0 amide bonds. The highest BCUT2D eigenvalue weighted by Crippen LogP contribution is 2.67. The first kappa shape index (κ1) is 23.6. The van der Waals surface area contributed by atoms with Crippen molar-refractivity contribution >= 4 is 0 Å². The quantitative estimate of drug-likeness (QED) is 0.303. The van der Waals surface area contributed by atoms with Crippen LogP contribution in [0.15, 0.2) is 42.2 Å². The Hall–Kier alpha value is -1.11. The van der Waals surface area contributed by atoms with Gasteiger partial charge >= 0.3 is 0 Å². The van der Waals surface area contributed by atoms with Gasteiger partial charge in [-0.05, 0) is 84.9 Å². The number of rotatable bonds is 6. The zero-order valence-corrected chi connectivity index (χ0v) is 22.2. The van der Waals surface area contributed by atoms with E-state index in [4.69, 9.17) is 0 Å². The lowest BCUT2D eigenvalue weighted by Crippen LogP contribution is -2.52. The summed E-state index contributed by atoms with van der Waals surface area (Å²) in [5, 5.41) is 0. The molecule has 4 aliphatic rings. The molecular weight excluding hydrogens is 398 g/mol. The van der Waals surface area contributed by atoms with E-state index < -0.39 is 0 Å². The predicted octanol–water partition coefficient (Wildman–Crippen LogP) is 8.56. The summed E-state index contributed by atoms with van der Waals surface area (Å²) in [4.78, 5) is 0. The minimum Gasteiger partial charge on any atom is -0.202 e. The molecule has 3 saturated carbocycles. The predicted molar refractivity (Wildman–Crippen MR) is 139 cm³/mol. The van der Waals surface area contributed by atoms with Crippen LogP contribution in [0.5, 0.6) is 0 Å². The fourth-order valence-corrected chi connectivity index (χ4v) is 9.58. The van der Waals surface area contributed by atoms with E-state index in [1.54, 1.807) is 0 Å². The van der Waals surface area contributed by atoms with E-state index in [2.05, 4.69) is 75.9 Å². The Morgan fingerprint density at radius 3 is 2.45 bits per heavy atom. The Bertz CT molecular complexity index is 839. The summed E-state index contributed by atoms with van der Waals surface area (Å²) in [5.74, 6) is 5.61. The van der Waals surface area contributed by atoms with Crippen molar-refractivity contribution in [3.63, 3.8) is 0 Å². The molecule has 1 aromatic heterocycles. The molecule has 0 radical (unpaired) electrons. The summed E-state index contributed by atoms with van der Waals surface area (Å²) < 4.78 is 2.48. The maximum atomic E-state index is 2.75. The average molecular weight is 449 g/mol. The number of hydrogen-bond donors (Lipinski definition) is 0. The minimum absolute atomic E-state index is 0.469. The van der Waals surface area contributed by atoms with Gasteiger partial charge in [-0.2, -0.15) is 0 Å². The van der Waals surface area contributed by atoms with E-state index in [-0.39, 0.29) is 0 Å². The van der Waals surface area contributed by atoms with Crippen LogP contribution in [0, 0.1) is 46.3 Å². The van der Waals surface area contributed by atoms with Crippen molar-refractivity contribution in [1.29, 1.82) is 0 Å².